The van der Waals surface area contributed by atoms with Gasteiger partial charge in [0.1, 0.15) is 6.10 Å². The maximum Gasteiger partial charge on any atom is 0.170 e. The third-order valence-electron chi connectivity index (χ3n) is 2.74. The molecule has 2 aromatic rings. The van der Waals surface area contributed by atoms with E-state index in [-0.39, 0.29) is 12.2 Å². The van der Waals surface area contributed by atoms with Crippen LogP contribution in [0.5, 0.6) is 0 Å². The molecule has 0 bridgehead atoms. The van der Waals surface area contributed by atoms with Gasteiger partial charge in [-0.05, 0) is 17.2 Å². The molecule has 1 N–H and O–H groups in total. The van der Waals surface area contributed by atoms with Crippen molar-refractivity contribution in [3.05, 3.63) is 70.2 Å². The van der Waals surface area contributed by atoms with Crippen molar-refractivity contribution in [3.8, 4) is 0 Å². The fourth-order valence-electron chi connectivity index (χ4n) is 1.75. The van der Waals surface area contributed by atoms with E-state index < -0.39 is 6.10 Å². The number of benzene rings is 2. The molecule has 92 valence electrons. The number of hydrogen-bond donors (Lipinski definition) is 1. The Morgan fingerprint density at radius 1 is 1.06 bits per heavy atom. The number of hydrogen-bond acceptors (Lipinski definition) is 2. The molecule has 3 heteroatoms. The first-order valence-electron chi connectivity index (χ1n) is 5.67. The zero-order valence-corrected chi connectivity index (χ0v) is 11.3. The number of rotatable bonds is 4. The van der Waals surface area contributed by atoms with Gasteiger partial charge in [-0.2, -0.15) is 0 Å². The monoisotopic (exact) mass is 304 g/mol. The number of carbonyl (C=O) groups is 1. The Bertz CT molecular complexity index is 537. The standard InChI is InChI=1S/C15H13BrO2/c16-13-9-5-4-8-12(13)10-14(17)15(18)11-6-2-1-3-7-11/h1-9,15,18H,10H2. The van der Waals surface area contributed by atoms with Crippen LogP contribution >= 0.6 is 15.9 Å². The SMILES string of the molecule is O=C(Cc1ccccc1Br)C(O)c1ccccc1. The van der Waals surface area contributed by atoms with Crippen molar-refractivity contribution >= 4 is 21.7 Å². The van der Waals surface area contributed by atoms with Gasteiger partial charge in [0.25, 0.3) is 0 Å². The minimum absolute atomic E-state index is 0.201. The zero-order chi connectivity index (χ0) is 13.0. The van der Waals surface area contributed by atoms with Crippen LogP contribution in [0.15, 0.2) is 59.1 Å². The molecule has 0 aliphatic rings. The maximum atomic E-state index is 12.0. The fourth-order valence-corrected chi connectivity index (χ4v) is 2.17. The topological polar surface area (TPSA) is 37.3 Å². The van der Waals surface area contributed by atoms with Gasteiger partial charge in [0.05, 0.1) is 0 Å². The van der Waals surface area contributed by atoms with Crippen molar-refractivity contribution in [2.75, 3.05) is 0 Å². The Balaban J connectivity index is 2.12. The molecule has 0 saturated heterocycles. The molecule has 0 fully saturated rings. The van der Waals surface area contributed by atoms with E-state index in [4.69, 9.17) is 0 Å². The lowest BCUT2D eigenvalue weighted by Crippen LogP contribution is -2.14. The Kier molecular flexibility index (Phi) is 4.28. The summed E-state index contributed by atoms with van der Waals surface area (Å²) in [7, 11) is 0. The summed E-state index contributed by atoms with van der Waals surface area (Å²) < 4.78 is 0.888. The molecular formula is C15H13BrO2. The largest absolute Gasteiger partial charge is 0.381 e. The van der Waals surface area contributed by atoms with Crippen LogP contribution in [0.2, 0.25) is 0 Å². The van der Waals surface area contributed by atoms with Crippen LogP contribution in [0, 0.1) is 0 Å². The predicted molar refractivity (Wildman–Crippen MR) is 74.3 cm³/mol. The van der Waals surface area contributed by atoms with Crippen molar-refractivity contribution < 1.29 is 9.90 Å². The van der Waals surface area contributed by atoms with Gasteiger partial charge in [-0.15, -0.1) is 0 Å². The van der Waals surface area contributed by atoms with Gasteiger partial charge in [-0.3, -0.25) is 4.79 Å². The van der Waals surface area contributed by atoms with Crippen molar-refractivity contribution in [2.45, 2.75) is 12.5 Å². The average Bonchev–Trinajstić information content (AvgIpc) is 2.41. The Morgan fingerprint density at radius 2 is 1.67 bits per heavy atom. The highest BCUT2D eigenvalue weighted by molar-refractivity contribution is 9.10. The summed E-state index contributed by atoms with van der Waals surface area (Å²) in [5.41, 5.74) is 1.52. The maximum absolute atomic E-state index is 12.0. The van der Waals surface area contributed by atoms with Crippen LogP contribution < -0.4 is 0 Å². The second kappa shape index (κ2) is 5.94. The third-order valence-corrected chi connectivity index (χ3v) is 3.52. The highest BCUT2D eigenvalue weighted by Crippen LogP contribution is 2.20. The van der Waals surface area contributed by atoms with Gasteiger partial charge < -0.3 is 5.11 Å². The fraction of sp³-hybridized carbons (Fsp3) is 0.133. The van der Waals surface area contributed by atoms with Crippen molar-refractivity contribution in [1.82, 2.24) is 0 Å². The summed E-state index contributed by atoms with van der Waals surface area (Å²) in [6, 6.07) is 16.5. The highest BCUT2D eigenvalue weighted by Gasteiger charge is 2.17. The molecule has 1 atom stereocenters. The van der Waals surface area contributed by atoms with Gasteiger partial charge in [0, 0.05) is 10.9 Å². The third kappa shape index (κ3) is 3.06. The summed E-state index contributed by atoms with van der Waals surface area (Å²) in [6.07, 6.45) is -0.837. The van der Waals surface area contributed by atoms with Crippen LogP contribution in [-0.2, 0) is 11.2 Å². The van der Waals surface area contributed by atoms with Gasteiger partial charge >= 0.3 is 0 Å². The minimum Gasteiger partial charge on any atom is -0.381 e. The molecule has 0 saturated carbocycles. The van der Waals surface area contributed by atoms with Crippen LogP contribution in [0.4, 0.5) is 0 Å². The highest BCUT2D eigenvalue weighted by atomic mass is 79.9. The smallest absolute Gasteiger partial charge is 0.170 e. The molecular weight excluding hydrogens is 292 g/mol. The minimum atomic E-state index is -1.06. The Labute approximate surface area is 114 Å². The quantitative estimate of drug-likeness (QED) is 0.941. The number of halogens is 1. The normalized spacial score (nSPS) is 12.1. The summed E-state index contributed by atoms with van der Waals surface area (Å²) in [4.78, 5) is 12.0. The number of aliphatic hydroxyl groups excluding tert-OH is 1. The second-order valence-electron chi connectivity index (χ2n) is 4.05. The van der Waals surface area contributed by atoms with Crippen LogP contribution in [0.3, 0.4) is 0 Å². The summed E-state index contributed by atoms with van der Waals surface area (Å²) in [5.74, 6) is -0.201. The summed E-state index contributed by atoms with van der Waals surface area (Å²) in [6.45, 7) is 0. The van der Waals surface area contributed by atoms with Gasteiger partial charge in [0.2, 0.25) is 0 Å². The lowest BCUT2D eigenvalue weighted by atomic mass is 10.0. The molecule has 1 unspecified atom stereocenters. The van der Waals surface area contributed by atoms with E-state index in [0.717, 1.165) is 10.0 Å². The molecule has 0 heterocycles. The zero-order valence-electron chi connectivity index (χ0n) is 9.71. The molecule has 0 aromatic heterocycles. The van der Waals surface area contributed by atoms with Crippen molar-refractivity contribution in [2.24, 2.45) is 0 Å². The molecule has 2 rings (SSSR count). The number of aliphatic hydroxyl groups is 1. The van der Waals surface area contributed by atoms with E-state index in [9.17, 15) is 9.90 Å². The van der Waals surface area contributed by atoms with E-state index in [1.165, 1.54) is 0 Å². The van der Waals surface area contributed by atoms with E-state index in [1.54, 1.807) is 12.1 Å². The molecule has 0 aliphatic carbocycles. The van der Waals surface area contributed by atoms with Gasteiger partial charge in [-0.25, -0.2) is 0 Å². The average molecular weight is 305 g/mol. The van der Waals surface area contributed by atoms with E-state index in [1.807, 2.05) is 42.5 Å². The van der Waals surface area contributed by atoms with E-state index >= 15 is 0 Å². The van der Waals surface area contributed by atoms with Crippen molar-refractivity contribution in [3.63, 3.8) is 0 Å². The molecule has 0 radical (unpaired) electrons. The lowest BCUT2D eigenvalue weighted by molar-refractivity contribution is -0.126. The number of carbonyl (C=O) groups excluding carboxylic acids is 1. The first kappa shape index (κ1) is 13.0. The lowest BCUT2D eigenvalue weighted by Gasteiger charge is -2.10. The van der Waals surface area contributed by atoms with Crippen LogP contribution in [0.1, 0.15) is 17.2 Å². The summed E-state index contributed by atoms with van der Waals surface area (Å²) >= 11 is 3.40. The molecule has 0 spiro atoms. The first-order chi connectivity index (χ1) is 8.68. The molecule has 0 amide bonds. The van der Waals surface area contributed by atoms with E-state index in [0.29, 0.717) is 5.56 Å². The second-order valence-corrected chi connectivity index (χ2v) is 4.90. The predicted octanol–water partition coefficient (Wildman–Crippen LogP) is 3.29. The first-order valence-corrected chi connectivity index (χ1v) is 6.47. The van der Waals surface area contributed by atoms with Crippen LogP contribution in [-0.4, -0.2) is 10.9 Å². The molecule has 2 aromatic carbocycles. The molecule has 2 nitrogen and oxygen atoms in total. The van der Waals surface area contributed by atoms with Crippen molar-refractivity contribution in [1.29, 1.82) is 0 Å². The van der Waals surface area contributed by atoms with E-state index in [2.05, 4.69) is 15.9 Å². The summed E-state index contributed by atoms with van der Waals surface area (Å²) in [5, 5.41) is 9.98. The number of ketones is 1. The van der Waals surface area contributed by atoms with Crippen LogP contribution in [0.25, 0.3) is 0 Å². The molecule has 18 heavy (non-hydrogen) atoms. The van der Waals surface area contributed by atoms with Gasteiger partial charge in [0.15, 0.2) is 5.78 Å². The Morgan fingerprint density at radius 3 is 2.33 bits per heavy atom. The molecule has 0 aliphatic heterocycles. The van der Waals surface area contributed by atoms with Gasteiger partial charge in [-0.1, -0.05) is 64.5 Å². The Hall–Kier alpha value is -1.45. The number of Topliss-reactive ketones (excluding diaryl/α,β-unsaturated/α-hetero) is 1.